The zero-order valence-electron chi connectivity index (χ0n) is 15.9. The van der Waals surface area contributed by atoms with Crippen LogP contribution in [0.1, 0.15) is 30.9 Å². The van der Waals surface area contributed by atoms with E-state index in [1.165, 1.54) is 6.21 Å². The third-order valence-corrected chi connectivity index (χ3v) is 5.52. The van der Waals surface area contributed by atoms with E-state index in [-0.39, 0.29) is 4.90 Å². The predicted molar refractivity (Wildman–Crippen MR) is 109 cm³/mol. The molecule has 0 saturated heterocycles. The highest BCUT2D eigenvalue weighted by Gasteiger charge is 2.13. The summed E-state index contributed by atoms with van der Waals surface area (Å²) in [4.78, 5) is 2.40. The molecule has 2 N–H and O–H groups in total. The lowest BCUT2D eigenvalue weighted by atomic mass is 10.0. The summed E-state index contributed by atoms with van der Waals surface area (Å²) in [5.41, 5.74) is 3.34. The molecule has 0 radical (unpaired) electrons. The Morgan fingerprint density at radius 3 is 2.39 bits per heavy atom. The van der Waals surface area contributed by atoms with Gasteiger partial charge in [0, 0.05) is 11.1 Å². The number of aromatic nitrogens is 2. The molecule has 7 nitrogen and oxygen atoms in total. The lowest BCUT2D eigenvalue weighted by Gasteiger charge is -2.07. The van der Waals surface area contributed by atoms with Gasteiger partial charge in [0.15, 0.2) is 0 Å². The zero-order chi connectivity index (χ0) is 20.1. The van der Waals surface area contributed by atoms with Crippen molar-refractivity contribution in [3.8, 4) is 17.0 Å². The lowest BCUT2D eigenvalue weighted by molar-refractivity contribution is 0.415. The summed E-state index contributed by atoms with van der Waals surface area (Å²) in [5.74, 6) is 1.08. The maximum absolute atomic E-state index is 12.4. The van der Waals surface area contributed by atoms with Crippen LogP contribution in [0.2, 0.25) is 0 Å². The summed E-state index contributed by atoms with van der Waals surface area (Å²) in [6.07, 6.45) is 3.00. The topological polar surface area (TPSA) is 96.4 Å². The maximum Gasteiger partial charge on any atom is 0.276 e. The molecule has 1 aromatic heterocycles. The average molecular weight is 398 g/mol. The van der Waals surface area contributed by atoms with E-state index in [4.69, 9.17) is 4.74 Å². The van der Waals surface area contributed by atoms with E-state index in [0.717, 1.165) is 22.6 Å². The molecule has 1 heterocycles. The van der Waals surface area contributed by atoms with Crippen LogP contribution in [0.5, 0.6) is 5.75 Å². The van der Waals surface area contributed by atoms with Crippen molar-refractivity contribution < 1.29 is 13.2 Å². The first-order chi connectivity index (χ1) is 13.4. The second-order valence-electron chi connectivity index (χ2n) is 6.51. The Bertz CT molecular complexity index is 1050. The number of ether oxygens (including phenoxy) is 1. The van der Waals surface area contributed by atoms with Gasteiger partial charge in [0.1, 0.15) is 5.75 Å². The second kappa shape index (κ2) is 8.26. The number of rotatable bonds is 7. The van der Waals surface area contributed by atoms with Crippen LogP contribution < -0.4 is 9.57 Å². The largest absolute Gasteiger partial charge is 0.497 e. The average Bonchev–Trinajstić information content (AvgIpc) is 3.16. The minimum Gasteiger partial charge on any atom is -0.497 e. The van der Waals surface area contributed by atoms with Crippen molar-refractivity contribution in [2.24, 2.45) is 5.10 Å². The SMILES string of the molecule is COc1ccc(-c2[nH]ncc2/C=N\NS(=O)(=O)c2ccc(C(C)C)cc2)cc1. The van der Waals surface area contributed by atoms with Crippen LogP contribution in [0, 0.1) is 0 Å². The molecule has 0 aliphatic rings. The molecule has 0 bridgehead atoms. The van der Waals surface area contributed by atoms with Gasteiger partial charge < -0.3 is 4.74 Å². The number of hydrogen-bond donors (Lipinski definition) is 2. The van der Waals surface area contributed by atoms with E-state index in [1.54, 1.807) is 37.6 Å². The molecule has 146 valence electrons. The van der Waals surface area contributed by atoms with E-state index in [1.807, 2.05) is 24.3 Å². The Labute approximate surface area is 164 Å². The van der Waals surface area contributed by atoms with Gasteiger partial charge in [-0.25, -0.2) is 4.83 Å². The van der Waals surface area contributed by atoms with Crippen molar-refractivity contribution in [2.45, 2.75) is 24.7 Å². The fourth-order valence-corrected chi connectivity index (χ4v) is 3.42. The summed E-state index contributed by atoms with van der Waals surface area (Å²) < 4.78 is 30.0. The number of aromatic amines is 1. The predicted octanol–water partition coefficient (Wildman–Crippen LogP) is 3.52. The fourth-order valence-electron chi connectivity index (χ4n) is 2.63. The second-order valence-corrected chi connectivity index (χ2v) is 8.17. The molecule has 28 heavy (non-hydrogen) atoms. The quantitative estimate of drug-likeness (QED) is 0.470. The Morgan fingerprint density at radius 2 is 1.79 bits per heavy atom. The first kappa shape index (κ1) is 19.6. The third-order valence-electron chi connectivity index (χ3n) is 4.28. The third kappa shape index (κ3) is 4.40. The molecule has 0 atom stereocenters. The molecule has 0 fully saturated rings. The number of hydrazone groups is 1. The highest BCUT2D eigenvalue weighted by molar-refractivity contribution is 7.89. The number of sulfonamides is 1. The van der Waals surface area contributed by atoms with Crippen molar-refractivity contribution >= 4 is 16.2 Å². The van der Waals surface area contributed by atoms with Crippen LogP contribution in [0.3, 0.4) is 0 Å². The van der Waals surface area contributed by atoms with Gasteiger partial charge in [0.2, 0.25) is 0 Å². The summed E-state index contributed by atoms with van der Waals surface area (Å²) in [6, 6.07) is 14.2. The van der Waals surface area contributed by atoms with Gasteiger partial charge in [-0.05, 0) is 47.9 Å². The Morgan fingerprint density at radius 1 is 1.11 bits per heavy atom. The van der Waals surface area contributed by atoms with Crippen LogP contribution in [0.15, 0.2) is 64.7 Å². The number of H-pyrrole nitrogens is 1. The van der Waals surface area contributed by atoms with Crippen LogP contribution in [0.4, 0.5) is 0 Å². The smallest absolute Gasteiger partial charge is 0.276 e. The number of nitrogens with zero attached hydrogens (tertiary/aromatic N) is 2. The summed E-state index contributed by atoms with van der Waals surface area (Å²) in [7, 11) is -2.13. The molecule has 8 heteroatoms. The molecule has 0 unspecified atom stereocenters. The molecule has 0 aliphatic heterocycles. The fraction of sp³-hybridized carbons (Fsp3) is 0.200. The van der Waals surface area contributed by atoms with Crippen molar-refractivity contribution in [3.63, 3.8) is 0 Å². The van der Waals surface area contributed by atoms with Crippen molar-refractivity contribution in [2.75, 3.05) is 7.11 Å². The van der Waals surface area contributed by atoms with Crippen molar-refractivity contribution in [3.05, 3.63) is 65.9 Å². The van der Waals surface area contributed by atoms with E-state index in [9.17, 15) is 8.42 Å². The summed E-state index contributed by atoms with van der Waals surface area (Å²) >= 11 is 0. The van der Waals surface area contributed by atoms with Crippen molar-refractivity contribution in [1.29, 1.82) is 0 Å². The highest BCUT2D eigenvalue weighted by Crippen LogP contribution is 2.23. The van der Waals surface area contributed by atoms with Gasteiger partial charge in [0.05, 0.1) is 30.1 Å². The number of benzene rings is 2. The van der Waals surface area contributed by atoms with E-state index >= 15 is 0 Å². The first-order valence-corrected chi connectivity index (χ1v) is 10.2. The molecule has 0 saturated carbocycles. The molecule has 0 amide bonds. The molecule has 0 spiro atoms. The van der Waals surface area contributed by atoms with Crippen LogP contribution in [0.25, 0.3) is 11.3 Å². The number of nitrogens with one attached hydrogen (secondary N) is 2. The van der Waals surface area contributed by atoms with E-state index in [0.29, 0.717) is 11.5 Å². The normalized spacial score (nSPS) is 11.9. The number of methoxy groups -OCH3 is 1. The molecule has 3 aromatic rings. The van der Waals surface area contributed by atoms with Gasteiger partial charge in [0.25, 0.3) is 10.0 Å². The van der Waals surface area contributed by atoms with Crippen LogP contribution in [-0.4, -0.2) is 31.9 Å². The molecule has 0 aliphatic carbocycles. The molecule has 3 rings (SSSR count). The van der Waals surface area contributed by atoms with Gasteiger partial charge in [-0.2, -0.15) is 18.6 Å². The summed E-state index contributed by atoms with van der Waals surface area (Å²) in [5, 5.41) is 10.8. The van der Waals surface area contributed by atoms with Gasteiger partial charge in [-0.3, -0.25) is 5.10 Å². The molecular weight excluding hydrogens is 376 g/mol. The Hall–Kier alpha value is -3.13. The first-order valence-electron chi connectivity index (χ1n) is 8.73. The zero-order valence-corrected chi connectivity index (χ0v) is 16.7. The van der Waals surface area contributed by atoms with Gasteiger partial charge in [-0.1, -0.05) is 26.0 Å². The standard InChI is InChI=1S/C20H22N4O3S/c1-14(2)15-6-10-19(11-7-15)28(25,26)24-22-13-17-12-21-23-20(17)16-4-8-18(27-3)9-5-16/h4-14,24H,1-3H3,(H,21,23)/b22-13-. The number of hydrogen-bond acceptors (Lipinski definition) is 5. The van der Waals surface area contributed by atoms with Crippen LogP contribution >= 0.6 is 0 Å². The minimum atomic E-state index is -3.74. The maximum atomic E-state index is 12.4. The molecule has 2 aromatic carbocycles. The Kier molecular flexibility index (Phi) is 5.79. The molecular formula is C20H22N4O3S. The summed E-state index contributed by atoms with van der Waals surface area (Å²) in [6.45, 7) is 4.11. The van der Waals surface area contributed by atoms with Gasteiger partial charge in [-0.15, -0.1) is 0 Å². The lowest BCUT2D eigenvalue weighted by Crippen LogP contribution is -2.18. The monoisotopic (exact) mass is 398 g/mol. The van der Waals surface area contributed by atoms with E-state index in [2.05, 4.69) is 34.0 Å². The van der Waals surface area contributed by atoms with Crippen molar-refractivity contribution in [1.82, 2.24) is 15.0 Å². The van der Waals surface area contributed by atoms with Crippen LogP contribution in [-0.2, 0) is 10.0 Å². The Balaban J connectivity index is 1.75. The highest BCUT2D eigenvalue weighted by atomic mass is 32.2. The van der Waals surface area contributed by atoms with E-state index < -0.39 is 10.0 Å². The minimum absolute atomic E-state index is 0.164. The van der Waals surface area contributed by atoms with Gasteiger partial charge >= 0.3 is 0 Å².